The molecule has 1 aromatic heterocycles. The van der Waals surface area contributed by atoms with Gasteiger partial charge in [-0.15, -0.1) is 0 Å². The van der Waals surface area contributed by atoms with Gasteiger partial charge in [-0.2, -0.15) is 0 Å². The van der Waals surface area contributed by atoms with Gasteiger partial charge in [0.2, 0.25) is 0 Å². The molecule has 2 heterocycles. The molecular weight excluding hydrogens is 232 g/mol. The van der Waals surface area contributed by atoms with E-state index in [4.69, 9.17) is 9.47 Å². The number of nitrogens with zero attached hydrogens (tertiary/aromatic N) is 1. The third-order valence-corrected chi connectivity index (χ3v) is 3.11. The van der Waals surface area contributed by atoms with Crippen molar-refractivity contribution in [2.24, 2.45) is 0 Å². The van der Waals surface area contributed by atoms with E-state index in [1.54, 1.807) is 6.20 Å². The molecule has 2 fully saturated rings. The molecule has 5 heteroatoms. The second kappa shape index (κ2) is 4.94. The highest BCUT2D eigenvalue weighted by Crippen LogP contribution is 2.20. The fraction of sp³-hybridized carbons (Fsp3) is 0.538. The van der Waals surface area contributed by atoms with Crippen molar-refractivity contribution in [2.75, 3.05) is 6.61 Å². The molecule has 1 unspecified atom stereocenters. The van der Waals surface area contributed by atoms with Crippen molar-refractivity contribution in [1.29, 1.82) is 0 Å². The molecule has 1 saturated carbocycles. The summed E-state index contributed by atoms with van der Waals surface area (Å²) in [5, 5.41) is 3.40. The molecular formula is C13H16N2O3. The van der Waals surface area contributed by atoms with Crippen molar-refractivity contribution >= 4 is 5.97 Å². The van der Waals surface area contributed by atoms with E-state index >= 15 is 0 Å². The molecule has 0 bridgehead atoms. The maximum absolute atomic E-state index is 11.3. The third kappa shape index (κ3) is 2.79. The van der Waals surface area contributed by atoms with E-state index in [1.807, 2.05) is 12.1 Å². The fourth-order valence-corrected chi connectivity index (χ4v) is 1.87. The Morgan fingerprint density at radius 2 is 2.28 bits per heavy atom. The Morgan fingerprint density at radius 1 is 1.39 bits per heavy atom. The minimum atomic E-state index is -0.470. The normalized spacial score (nSPS) is 22.9. The van der Waals surface area contributed by atoms with Crippen LogP contribution in [-0.4, -0.2) is 29.7 Å². The predicted molar refractivity (Wildman–Crippen MR) is 64.1 cm³/mol. The minimum absolute atomic E-state index is 0.283. The minimum Gasteiger partial charge on any atom is -0.477 e. The van der Waals surface area contributed by atoms with Crippen LogP contribution in [0.15, 0.2) is 18.3 Å². The van der Waals surface area contributed by atoms with Crippen LogP contribution in [0.5, 0.6) is 5.75 Å². The zero-order valence-corrected chi connectivity index (χ0v) is 10.1. The number of carbonyl (C=O) groups excluding carboxylic acids is 1. The topological polar surface area (TPSA) is 60.5 Å². The lowest BCUT2D eigenvalue weighted by atomic mass is 10.3. The molecule has 2 aliphatic rings. The highest BCUT2D eigenvalue weighted by molar-refractivity contribution is 5.76. The van der Waals surface area contributed by atoms with Gasteiger partial charge in [-0.25, -0.2) is 4.79 Å². The van der Waals surface area contributed by atoms with E-state index < -0.39 is 6.10 Å². The number of aromatic nitrogens is 1. The lowest BCUT2D eigenvalue weighted by molar-refractivity contribution is -0.143. The molecule has 1 N–H and O–H groups in total. The quantitative estimate of drug-likeness (QED) is 0.789. The van der Waals surface area contributed by atoms with Gasteiger partial charge in [0.05, 0.1) is 18.5 Å². The van der Waals surface area contributed by atoms with Crippen molar-refractivity contribution in [3.8, 4) is 5.75 Å². The van der Waals surface area contributed by atoms with Gasteiger partial charge in [0.25, 0.3) is 0 Å². The van der Waals surface area contributed by atoms with Gasteiger partial charge in [-0.3, -0.25) is 4.98 Å². The standard InChI is InChI=1S/C13H16N2O3/c16-13-12(5-6-17-13)18-11-4-3-10(15-8-11)7-14-9-1-2-9/h3-4,8-9,12,14H,1-2,5-7H2. The van der Waals surface area contributed by atoms with Crippen LogP contribution < -0.4 is 10.1 Å². The van der Waals surface area contributed by atoms with Gasteiger partial charge in [-0.05, 0) is 25.0 Å². The molecule has 0 amide bonds. The van der Waals surface area contributed by atoms with Crippen molar-refractivity contribution in [3.63, 3.8) is 0 Å². The van der Waals surface area contributed by atoms with E-state index in [0.717, 1.165) is 12.2 Å². The second-order valence-electron chi connectivity index (χ2n) is 4.70. The smallest absolute Gasteiger partial charge is 0.347 e. The molecule has 3 rings (SSSR count). The summed E-state index contributed by atoms with van der Waals surface area (Å²) >= 11 is 0. The van der Waals surface area contributed by atoms with Crippen LogP contribution in [0.1, 0.15) is 25.0 Å². The van der Waals surface area contributed by atoms with Crippen LogP contribution in [-0.2, 0) is 16.1 Å². The molecule has 5 nitrogen and oxygen atoms in total. The molecule has 0 spiro atoms. The van der Waals surface area contributed by atoms with Gasteiger partial charge in [0, 0.05) is 19.0 Å². The van der Waals surface area contributed by atoms with Gasteiger partial charge in [0.1, 0.15) is 5.75 Å². The van der Waals surface area contributed by atoms with E-state index in [9.17, 15) is 4.79 Å². The van der Waals surface area contributed by atoms with E-state index in [2.05, 4.69) is 10.3 Å². The highest BCUT2D eigenvalue weighted by Gasteiger charge is 2.28. The molecule has 1 aliphatic heterocycles. The summed E-state index contributed by atoms with van der Waals surface area (Å²) in [5.41, 5.74) is 0.989. The van der Waals surface area contributed by atoms with Crippen molar-refractivity contribution in [1.82, 2.24) is 10.3 Å². The van der Waals surface area contributed by atoms with Crippen molar-refractivity contribution in [2.45, 2.75) is 38.0 Å². The van der Waals surface area contributed by atoms with Crippen molar-refractivity contribution < 1.29 is 14.3 Å². The lowest BCUT2D eigenvalue weighted by Crippen LogP contribution is -2.22. The summed E-state index contributed by atoms with van der Waals surface area (Å²) < 4.78 is 10.4. The number of hydrogen-bond acceptors (Lipinski definition) is 5. The van der Waals surface area contributed by atoms with Gasteiger partial charge in [0.15, 0.2) is 6.10 Å². The largest absolute Gasteiger partial charge is 0.477 e. The molecule has 1 atom stereocenters. The number of pyridine rings is 1. The lowest BCUT2D eigenvalue weighted by Gasteiger charge is -2.10. The molecule has 1 aromatic rings. The molecule has 18 heavy (non-hydrogen) atoms. The Morgan fingerprint density at radius 3 is 2.89 bits per heavy atom. The zero-order chi connectivity index (χ0) is 12.4. The number of carbonyl (C=O) groups is 1. The summed E-state index contributed by atoms with van der Waals surface area (Å²) in [7, 11) is 0. The third-order valence-electron chi connectivity index (χ3n) is 3.11. The van der Waals surface area contributed by atoms with Crippen LogP contribution >= 0.6 is 0 Å². The second-order valence-corrected chi connectivity index (χ2v) is 4.70. The average molecular weight is 248 g/mol. The van der Waals surface area contributed by atoms with Crippen LogP contribution in [0.4, 0.5) is 0 Å². The number of hydrogen-bond donors (Lipinski definition) is 1. The van der Waals surface area contributed by atoms with Gasteiger partial charge < -0.3 is 14.8 Å². The van der Waals surface area contributed by atoms with E-state index in [0.29, 0.717) is 24.8 Å². The average Bonchev–Trinajstić information content (AvgIpc) is 3.13. The molecule has 0 radical (unpaired) electrons. The first-order valence-electron chi connectivity index (χ1n) is 6.33. The number of nitrogens with one attached hydrogen (secondary N) is 1. The Balaban J connectivity index is 1.54. The summed E-state index contributed by atoms with van der Waals surface area (Å²) in [6.07, 6.45) is 4.34. The molecule has 0 aromatic carbocycles. The van der Waals surface area contributed by atoms with E-state index in [-0.39, 0.29) is 5.97 Å². The van der Waals surface area contributed by atoms with Gasteiger partial charge >= 0.3 is 5.97 Å². The number of esters is 1. The molecule has 1 saturated heterocycles. The summed E-state index contributed by atoms with van der Waals surface area (Å²) in [6, 6.07) is 4.45. The zero-order valence-electron chi connectivity index (χ0n) is 10.1. The fourth-order valence-electron chi connectivity index (χ4n) is 1.87. The first kappa shape index (κ1) is 11.5. The predicted octanol–water partition coefficient (Wildman–Crippen LogP) is 1.03. The maximum Gasteiger partial charge on any atom is 0.347 e. The Kier molecular flexibility index (Phi) is 3.15. The highest BCUT2D eigenvalue weighted by atomic mass is 16.6. The van der Waals surface area contributed by atoms with Crippen LogP contribution in [0, 0.1) is 0 Å². The summed E-state index contributed by atoms with van der Waals surface area (Å²) in [4.78, 5) is 15.6. The van der Waals surface area contributed by atoms with Crippen LogP contribution in [0.2, 0.25) is 0 Å². The van der Waals surface area contributed by atoms with Crippen LogP contribution in [0.3, 0.4) is 0 Å². The SMILES string of the molecule is O=C1OCCC1Oc1ccc(CNC2CC2)nc1. The Hall–Kier alpha value is -1.62. The summed E-state index contributed by atoms with van der Waals surface area (Å²) in [6.45, 7) is 1.23. The monoisotopic (exact) mass is 248 g/mol. The maximum atomic E-state index is 11.3. The number of ether oxygens (including phenoxy) is 2. The molecule has 96 valence electrons. The number of rotatable bonds is 5. The first-order chi connectivity index (χ1) is 8.81. The number of cyclic esters (lactones) is 1. The Bertz CT molecular complexity index is 428. The van der Waals surface area contributed by atoms with E-state index in [1.165, 1.54) is 12.8 Å². The summed E-state index contributed by atoms with van der Waals surface area (Å²) in [5.74, 6) is 0.337. The first-order valence-corrected chi connectivity index (χ1v) is 6.33. The van der Waals surface area contributed by atoms with Crippen molar-refractivity contribution in [3.05, 3.63) is 24.0 Å². The van der Waals surface area contributed by atoms with Gasteiger partial charge in [-0.1, -0.05) is 0 Å². The molecule has 1 aliphatic carbocycles. The van der Waals surface area contributed by atoms with Crippen LogP contribution in [0.25, 0.3) is 0 Å². The Labute approximate surface area is 105 Å².